The first-order chi connectivity index (χ1) is 4.76. The van der Waals surface area contributed by atoms with E-state index < -0.39 is 0 Å². The summed E-state index contributed by atoms with van der Waals surface area (Å²) in [5.74, 6) is 0.243. The van der Waals surface area contributed by atoms with Crippen molar-refractivity contribution in [2.75, 3.05) is 13.6 Å². The van der Waals surface area contributed by atoms with Gasteiger partial charge in [0.1, 0.15) is 5.78 Å². The van der Waals surface area contributed by atoms with Crippen LogP contribution < -0.4 is 11.1 Å². The van der Waals surface area contributed by atoms with Crippen LogP contribution in [0, 0.1) is 0 Å². The summed E-state index contributed by atoms with van der Waals surface area (Å²) in [6.45, 7) is 2.43. The second-order valence-corrected chi connectivity index (χ2v) is 2.24. The third kappa shape index (κ3) is 2.94. The molecule has 3 heteroatoms. The van der Waals surface area contributed by atoms with Gasteiger partial charge in [0, 0.05) is 6.42 Å². The fourth-order valence-electron chi connectivity index (χ4n) is 0.879. The summed E-state index contributed by atoms with van der Waals surface area (Å²) in [5.41, 5.74) is 5.31. The highest BCUT2D eigenvalue weighted by Crippen LogP contribution is 1.94. The summed E-state index contributed by atoms with van der Waals surface area (Å²) in [4.78, 5) is 11.0. The van der Waals surface area contributed by atoms with Crippen LogP contribution in [-0.2, 0) is 4.79 Å². The van der Waals surface area contributed by atoms with E-state index in [0.717, 1.165) is 6.42 Å². The average molecular weight is 144 g/mol. The highest BCUT2D eigenvalue weighted by atomic mass is 16.1. The Balaban J connectivity index is 3.68. The zero-order chi connectivity index (χ0) is 7.98. The molecule has 0 aromatic rings. The fraction of sp³-hybridized carbons (Fsp3) is 0.857. The van der Waals surface area contributed by atoms with E-state index in [1.54, 1.807) is 7.05 Å². The van der Waals surface area contributed by atoms with Crippen molar-refractivity contribution >= 4 is 5.78 Å². The number of hydrogen-bond donors (Lipinski definition) is 2. The van der Waals surface area contributed by atoms with Crippen molar-refractivity contribution in [3.63, 3.8) is 0 Å². The molecule has 0 amide bonds. The zero-order valence-corrected chi connectivity index (χ0v) is 6.68. The molecule has 0 rings (SSSR count). The van der Waals surface area contributed by atoms with Crippen molar-refractivity contribution in [1.29, 1.82) is 0 Å². The van der Waals surface area contributed by atoms with Gasteiger partial charge in [0.05, 0.1) is 6.04 Å². The molecule has 10 heavy (non-hydrogen) atoms. The number of nitrogens with two attached hydrogens (primary N) is 1. The Bertz CT molecular complexity index is 104. The molecule has 0 aliphatic carbocycles. The summed E-state index contributed by atoms with van der Waals surface area (Å²) >= 11 is 0. The molecule has 3 nitrogen and oxygen atoms in total. The summed E-state index contributed by atoms with van der Waals surface area (Å²) < 4.78 is 0. The average Bonchev–Trinajstić information content (AvgIpc) is 1.99. The normalized spacial score (nSPS) is 13.1. The molecular formula is C7H16N2O. The van der Waals surface area contributed by atoms with Gasteiger partial charge < -0.3 is 11.1 Å². The minimum absolute atomic E-state index is 0.0324. The molecule has 60 valence electrons. The maximum absolute atomic E-state index is 11.0. The van der Waals surface area contributed by atoms with Crippen molar-refractivity contribution in [3.05, 3.63) is 0 Å². The number of hydrogen-bond acceptors (Lipinski definition) is 3. The van der Waals surface area contributed by atoms with E-state index in [4.69, 9.17) is 5.73 Å². The van der Waals surface area contributed by atoms with Crippen molar-refractivity contribution in [2.45, 2.75) is 25.8 Å². The van der Waals surface area contributed by atoms with Gasteiger partial charge in [-0.2, -0.15) is 0 Å². The van der Waals surface area contributed by atoms with Gasteiger partial charge in [0.25, 0.3) is 0 Å². The number of carbonyl (C=O) groups is 1. The zero-order valence-electron chi connectivity index (χ0n) is 6.68. The number of Topliss-reactive ketones (excluding diaryl/α,β-unsaturated/α-hetero) is 1. The predicted molar refractivity (Wildman–Crippen MR) is 41.8 cm³/mol. The van der Waals surface area contributed by atoms with E-state index in [2.05, 4.69) is 5.32 Å². The van der Waals surface area contributed by atoms with E-state index in [0.29, 0.717) is 13.0 Å². The molecule has 0 aromatic carbocycles. The molecule has 0 saturated heterocycles. The van der Waals surface area contributed by atoms with Gasteiger partial charge in [-0.25, -0.2) is 0 Å². The van der Waals surface area contributed by atoms with Crippen LogP contribution in [0.25, 0.3) is 0 Å². The minimum atomic E-state index is -0.0324. The van der Waals surface area contributed by atoms with Crippen LogP contribution in [0.2, 0.25) is 0 Å². The molecule has 0 radical (unpaired) electrons. The van der Waals surface area contributed by atoms with Gasteiger partial charge in [-0.1, -0.05) is 6.92 Å². The minimum Gasteiger partial charge on any atom is -0.330 e. The molecule has 3 N–H and O–H groups in total. The van der Waals surface area contributed by atoms with E-state index >= 15 is 0 Å². The van der Waals surface area contributed by atoms with Crippen molar-refractivity contribution < 1.29 is 4.79 Å². The maximum Gasteiger partial charge on any atom is 0.149 e. The number of nitrogens with one attached hydrogen (secondary N) is 1. The predicted octanol–water partition coefficient (Wildman–Crippen LogP) is -0.0977. The van der Waals surface area contributed by atoms with Crippen LogP contribution in [0.1, 0.15) is 19.8 Å². The molecular weight excluding hydrogens is 128 g/mol. The Labute approximate surface area is 62.0 Å². The van der Waals surface area contributed by atoms with Gasteiger partial charge in [0.2, 0.25) is 0 Å². The van der Waals surface area contributed by atoms with Gasteiger partial charge in [-0.3, -0.25) is 4.79 Å². The molecule has 0 spiro atoms. The highest BCUT2D eigenvalue weighted by Gasteiger charge is 2.11. The van der Waals surface area contributed by atoms with Crippen molar-refractivity contribution in [2.24, 2.45) is 5.73 Å². The topological polar surface area (TPSA) is 55.1 Å². The number of ketones is 1. The second kappa shape index (κ2) is 5.38. The number of likely N-dealkylation sites (N-methyl/N-ethyl adjacent to an activating group) is 1. The third-order valence-corrected chi connectivity index (χ3v) is 1.54. The molecule has 0 saturated carbocycles. The Morgan fingerprint density at radius 1 is 1.70 bits per heavy atom. The van der Waals surface area contributed by atoms with Gasteiger partial charge in [-0.05, 0) is 20.0 Å². The van der Waals surface area contributed by atoms with E-state index in [1.807, 2.05) is 6.92 Å². The smallest absolute Gasteiger partial charge is 0.149 e. The standard InChI is InChI=1S/C7H16N2O/c1-3-7(10)6(9-2)4-5-8/h6,9H,3-5,8H2,1-2H3. The molecule has 0 aliphatic heterocycles. The quantitative estimate of drug-likeness (QED) is 0.566. The SMILES string of the molecule is CCC(=O)C(CCN)NC. The monoisotopic (exact) mass is 144 g/mol. The molecule has 1 atom stereocenters. The summed E-state index contributed by atoms with van der Waals surface area (Å²) in [7, 11) is 1.79. The Hall–Kier alpha value is -0.410. The van der Waals surface area contributed by atoms with Crippen LogP contribution in [-0.4, -0.2) is 25.4 Å². The molecule has 0 bridgehead atoms. The lowest BCUT2D eigenvalue weighted by molar-refractivity contribution is -0.120. The van der Waals surface area contributed by atoms with Crippen molar-refractivity contribution in [3.8, 4) is 0 Å². The summed E-state index contributed by atoms with van der Waals surface area (Å²) in [6, 6.07) is -0.0324. The van der Waals surface area contributed by atoms with Crippen LogP contribution in [0.15, 0.2) is 0 Å². The lowest BCUT2D eigenvalue weighted by atomic mass is 10.1. The highest BCUT2D eigenvalue weighted by molar-refractivity contribution is 5.83. The summed E-state index contributed by atoms with van der Waals surface area (Å²) in [6.07, 6.45) is 1.33. The van der Waals surface area contributed by atoms with Crippen LogP contribution in [0.3, 0.4) is 0 Å². The first kappa shape index (κ1) is 9.59. The van der Waals surface area contributed by atoms with Crippen LogP contribution in [0.5, 0.6) is 0 Å². The number of rotatable bonds is 5. The van der Waals surface area contributed by atoms with Crippen LogP contribution >= 0.6 is 0 Å². The first-order valence-corrected chi connectivity index (χ1v) is 3.66. The first-order valence-electron chi connectivity index (χ1n) is 3.66. The van der Waals surface area contributed by atoms with E-state index in [9.17, 15) is 4.79 Å². The van der Waals surface area contributed by atoms with E-state index in [-0.39, 0.29) is 11.8 Å². The third-order valence-electron chi connectivity index (χ3n) is 1.54. The molecule has 0 fully saturated rings. The lowest BCUT2D eigenvalue weighted by Gasteiger charge is -2.11. The lowest BCUT2D eigenvalue weighted by Crippen LogP contribution is -2.35. The Kier molecular flexibility index (Phi) is 5.16. The van der Waals surface area contributed by atoms with Gasteiger partial charge >= 0.3 is 0 Å². The van der Waals surface area contributed by atoms with E-state index in [1.165, 1.54) is 0 Å². The van der Waals surface area contributed by atoms with Crippen molar-refractivity contribution in [1.82, 2.24) is 5.32 Å². The molecule has 0 aromatic heterocycles. The largest absolute Gasteiger partial charge is 0.330 e. The van der Waals surface area contributed by atoms with Gasteiger partial charge in [-0.15, -0.1) is 0 Å². The molecule has 0 heterocycles. The van der Waals surface area contributed by atoms with Gasteiger partial charge in [0.15, 0.2) is 0 Å². The second-order valence-electron chi connectivity index (χ2n) is 2.24. The Morgan fingerprint density at radius 2 is 2.30 bits per heavy atom. The molecule has 1 unspecified atom stereocenters. The molecule has 0 aliphatic rings. The number of carbonyl (C=O) groups excluding carboxylic acids is 1. The maximum atomic E-state index is 11.0. The van der Waals surface area contributed by atoms with Crippen LogP contribution in [0.4, 0.5) is 0 Å². The Morgan fingerprint density at radius 3 is 2.60 bits per heavy atom. The fourth-order valence-corrected chi connectivity index (χ4v) is 0.879. The summed E-state index contributed by atoms with van der Waals surface area (Å²) in [5, 5.41) is 2.92.